The summed E-state index contributed by atoms with van der Waals surface area (Å²) in [5.41, 5.74) is 0.816. The zero-order valence-corrected chi connectivity index (χ0v) is 11.3. The molecule has 0 amide bonds. The van der Waals surface area contributed by atoms with E-state index in [2.05, 4.69) is 10.2 Å². The van der Waals surface area contributed by atoms with Crippen molar-refractivity contribution in [3.05, 3.63) is 33.3 Å². The topological polar surface area (TPSA) is 58.4 Å². The normalized spacial score (nSPS) is 23.5. The lowest BCUT2D eigenvalue weighted by molar-refractivity contribution is -0.384. The molecule has 1 unspecified atom stereocenters. The number of non-ortho nitro benzene ring substituents is 1. The van der Waals surface area contributed by atoms with Gasteiger partial charge in [0.1, 0.15) is 0 Å². The molecular formula is C13H16ClN3O2. The van der Waals surface area contributed by atoms with Crippen molar-refractivity contribution in [3.63, 3.8) is 0 Å². The fraction of sp³-hybridized carbons (Fsp3) is 0.538. The van der Waals surface area contributed by atoms with E-state index in [0.717, 1.165) is 31.2 Å². The van der Waals surface area contributed by atoms with Gasteiger partial charge in [0.05, 0.1) is 15.6 Å². The third-order valence-corrected chi connectivity index (χ3v) is 4.12. The van der Waals surface area contributed by atoms with Crippen molar-refractivity contribution < 1.29 is 4.92 Å². The second-order valence-electron chi connectivity index (χ2n) is 5.28. The highest BCUT2D eigenvalue weighted by Gasteiger charge is 2.34. The number of rotatable bonds is 4. The van der Waals surface area contributed by atoms with Gasteiger partial charge in [-0.25, -0.2) is 0 Å². The molecule has 0 spiro atoms. The molecule has 6 heteroatoms. The summed E-state index contributed by atoms with van der Waals surface area (Å²) in [5, 5.41) is 14.5. The zero-order valence-electron chi connectivity index (χ0n) is 10.5. The largest absolute Gasteiger partial charge is 0.380 e. The molecule has 1 heterocycles. The molecule has 0 radical (unpaired) electrons. The van der Waals surface area contributed by atoms with E-state index >= 15 is 0 Å². The van der Waals surface area contributed by atoms with Crippen molar-refractivity contribution in [2.24, 2.45) is 0 Å². The molecule has 0 bridgehead atoms. The molecule has 19 heavy (non-hydrogen) atoms. The van der Waals surface area contributed by atoms with E-state index in [1.165, 1.54) is 25.0 Å². The van der Waals surface area contributed by atoms with E-state index in [4.69, 9.17) is 11.6 Å². The smallest absolute Gasteiger partial charge is 0.271 e. The minimum Gasteiger partial charge on any atom is -0.380 e. The van der Waals surface area contributed by atoms with Gasteiger partial charge in [0.2, 0.25) is 0 Å². The average molecular weight is 282 g/mol. The lowest BCUT2D eigenvalue weighted by Gasteiger charge is -2.17. The fourth-order valence-corrected chi connectivity index (χ4v) is 2.86. The highest BCUT2D eigenvalue weighted by atomic mass is 35.5. The van der Waals surface area contributed by atoms with Crippen LogP contribution in [-0.2, 0) is 0 Å². The van der Waals surface area contributed by atoms with Crippen molar-refractivity contribution >= 4 is 23.0 Å². The predicted molar refractivity (Wildman–Crippen MR) is 74.7 cm³/mol. The number of nitro groups is 1. The van der Waals surface area contributed by atoms with Crippen LogP contribution < -0.4 is 5.32 Å². The Labute approximate surface area is 116 Å². The first-order valence-corrected chi connectivity index (χ1v) is 6.96. The molecule has 1 aliphatic heterocycles. The van der Waals surface area contributed by atoms with Gasteiger partial charge in [-0.3, -0.25) is 15.0 Å². The summed E-state index contributed by atoms with van der Waals surface area (Å²) in [6, 6.07) is 5.76. The summed E-state index contributed by atoms with van der Waals surface area (Å²) < 4.78 is 0. The van der Waals surface area contributed by atoms with Gasteiger partial charge >= 0.3 is 0 Å². The number of nitrogens with one attached hydrogen (secondary N) is 1. The average Bonchev–Trinajstić information content (AvgIpc) is 3.12. The molecule has 1 aromatic rings. The van der Waals surface area contributed by atoms with Crippen LogP contribution in [-0.4, -0.2) is 35.0 Å². The molecular weight excluding hydrogens is 266 g/mol. The van der Waals surface area contributed by atoms with Gasteiger partial charge in [-0.15, -0.1) is 0 Å². The zero-order chi connectivity index (χ0) is 13.4. The number of nitrogens with zero attached hydrogens (tertiary/aromatic N) is 2. The Kier molecular flexibility index (Phi) is 3.33. The SMILES string of the molecule is O=[N+]([O-])c1ccc(NC2CCN(C3CC3)C2)c(Cl)c1. The molecule has 5 nitrogen and oxygen atoms in total. The third kappa shape index (κ3) is 2.82. The first-order chi connectivity index (χ1) is 9.13. The lowest BCUT2D eigenvalue weighted by Crippen LogP contribution is -2.27. The molecule has 1 aliphatic carbocycles. The van der Waals surface area contributed by atoms with Gasteiger partial charge < -0.3 is 5.32 Å². The Balaban J connectivity index is 1.65. The number of hydrogen-bond donors (Lipinski definition) is 1. The number of anilines is 1. The van der Waals surface area contributed by atoms with E-state index in [-0.39, 0.29) is 5.69 Å². The van der Waals surface area contributed by atoms with E-state index in [9.17, 15) is 10.1 Å². The Morgan fingerprint density at radius 1 is 1.37 bits per heavy atom. The number of benzene rings is 1. The maximum absolute atomic E-state index is 10.7. The molecule has 1 saturated heterocycles. The maximum Gasteiger partial charge on any atom is 0.271 e. The molecule has 1 aromatic carbocycles. The number of halogens is 1. The van der Waals surface area contributed by atoms with Gasteiger partial charge in [0, 0.05) is 37.3 Å². The third-order valence-electron chi connectivity index (χ3n) is 3.81. The molecule has 0 aromatic heterocycles. The van der Waals surface area contributed by atoms with E-state index in [1.54, 1.807) is 6.07 Å². The fourth-order valence-electron chi connectivity index (χ4n) is 2.63. The van der Waals surface area contributed by atoms with Crippen molar-refractivity contribution in [3.8, 4) is 0 Å². The molecule has 2 aliphatic rings. The van der Waals surface area contributed by atoms with Gasteiger partial charge in [0.25, 0.3) is 5.69 Å². The van der Waals surface area contributed by atoms with Crippen LogP contribution in [0.4, 0.5) is 11.4 Å². The second-order valence-corrected chi connectivity index (χ2v) is 5.68. The first kappa shape index (κ1) is 12.7. The Bertz CT molecular complexity index is 505. The number of nitro benzene ring substituents is 1. The van der Waals surface area contributed by atoms with Gasteiger partial charge in [0.15, 0.2) is 0 Å². The molecule has 1 N–H and O–H groups in total. The van der Waals surface area contributed by atoms with Crippen LogP contribution in [0.3, 0.4) is 0 Å². The Hall–Kier alpha value is -1.33. The standard InChI is InChI=1S/C13H16ClN3O2/c14-12-7-11(17(18)19)3-4-13(12)15-9-5-6-16(8-9)10-1-2-10/h3-4,7,9-10,15H,1-2,5-6,8H2. The van der Waals surface area contributed by atoms with Crippen LogP contribution in [0.5, 0.6) is 0 Å². The summed E-state index contributed by atoms with van der Waals surface area (Å²) in [5.74, 6) is 0. The van der Waals surface area contributed by atoms with Crippen molar-refractivity contribution in [2.45, 2.75) is 31.3 Å². The van der Waals surface area contributed by atoms with Crippen LogP contribution in [0.2, 0.25) is 5.02 Å². The van der Waals surface area contributed by atoms with E-state index < -0.39 is 4.92 Å². The second kappa shape index (κ2) is 4.98. The highest BCUT2D eigenvalue weighted by Crippen LogP contribution is 2.32. The summed E-state index contributed by atoms with van der Waals surface area (Å²) >= 11 is 6.08. The Morgan fingerprint density at radius 2 is 2.16 bits per heavy atom. The maximum atomic E-state index is 10.7. The van der Waals surface area contributed by atoms with E-state index in [0.29, 0.717) is 11.1 Å². The number of hydrogen-bond acceptors (Lipinski definition) is 4. The van der Waals surface area contributed by atoms with Crippen LogP contribution in [0, 0.1) is 10.1 Å². The summed E-state index contributed by atoms with van der Waals surface area (Å²) in [4.78, 5) is 12.7. The summed E-state index contributed by atoms with van der Waals surface area (Å²) in [7, 11) is 0. The quantitative estimate of drug-likeness (QED) is 0.681. The van der Waals surface area contributed by atoms with Crippen LogP contribution in [0.25, 0.3) is 0 Å². The van der Waals surface area contributed by atoms with Crippen LogP contribution >= 0.6 is 11.6 Å². The van der Waals surface area contributed by atoms with Crippen LogP contribution in [0.1, 0.15) is 19.3 Å². The molecule has 2 fully saturated rings. The summed E-state index contributed by atoms with van der Waals surface area (Å²) in [6.45, 7) is 2.17. The van der Waals surface area contributed by atoms with Gasteiger partial charge in [-0.2, -0.15) is 0 Å². The van der Waals surface area contributed by atoms with Crippen molar-refractivity contribution in [1.82, 2.24) is 4.90 Å². The summed E-state index contributed by atoms with van der Waals surface area (Å²) in [6.07, 6.45) is 3.75. The molecule has 1 atom stereocenters. The predicted octanol–water partition coefficient (Wildman–Crippen LogP) is 2.90. The van der Waals surface area contributed by atoms with Gasteiger partial charge in [-0.05, 0) is 25.3 Å². The molecule has 102 valence electrons. The lowest BCUT2D eigenvalue weighted by atomic mass is 10.2. The molecule has 1 saturated carbocycles. The van der Waals surface area contributed by atoms with Crippen molar-refractivity contribution in [2.75, 3.05) is 18.4 Å². The minimum atomic E-state index is -0.430. The van der Waals surface area contributed by atoms with Crippen molar-refractivity contribution in [1.29, 1.82) is 0 Å². The van der Waals surface area contributed by atoms with Gasteiger partial charge in [-0.1, -0.05) is 11.6 Å². The minimum absolute atomic E-state index is 0.0292. The molecule has 3 rings (SSSR count). The van der Waals surface area contributed by atoms with Crippen LogP contribution in [0.15, 0.2) is 18.2 Å². The monoisotopic (exact) mass is 281 g/mol. The Morgan fingerprint density at radius 3 is 2.79 bits per heavy atom. The number of likely N-dealkylation sites (tertiary alicyclic amines) is 1. The van der Waals surface area contributed by atoms with E-state index in [1.807, 2.05) is 0 Å². The highest BCUT2D eigenvalue weighted by molar-refractivity contribution is 6.33. The first-order valence-electron chi connectivity index (χ1n) is 6.58.